The first-order valence-electron chi connectivity index (χ1n) is 12.4. The zero-order valence-electron chi connectivity index (χ0n) is 20.9. The van der Waals surface area contributed by atoms with Gasteiger partial charge in [-0.3, -0.25) is 9.59 Å². The topological polar surface area (TPSA) is 88.1 Å². The molecular formula is C32H20O7. The Bertz CT molecular complexity index is 1800. The lowest BCUT2D eigenvalue weighted by molar-refractivity contribution is -0.132. The predicted molar refractivity (Wildman–Crippen MR) is 142 cm³/mol. The second-order valence-corrected chi connectivity index (χ2v) is 9.49. The molecule has 1 spiro atoms. The maximum absolute atomic E-state index is 13.5. The van der Waals surface area contributed by atoms with Crippen molar-refractivity contribution in [3.05, 3.63) is 107 Å². The van der Waals surface area contributed by atoms with Gasteiger partial charge in [-0.15, -0.1) is 0 Å². The van der Waals surface area contributed by atoms with E-state index >= 15 is 0 Å². The fourth-order valence-corrected chi connectivity index (χ4v) is 5.83. The van der Waals surface area contributed by atoms with Crippen LogP contribution in [0.2, 0.25) is 0 Å². The van der Waals surface area contributed by atoms with Gasteiger partial charge < -0.3 is 18.9 Å². The molecule has 7 heteroatoms. The highest BCUT2D eigenvalue weighted by atomic mass is 16.6. The molecule has 0 saturated carbocycles. The summed E-state index contributed by atoms with van der Waals surface area (Å²) in [7, 11) is 0. The minimum atomic E-state index is -1.39. The van der Waals surface area contributed by atoms with Gasteiger partial charge in [-0.25, -0.2) is 4.79 Å². The molecule has 0 unspecified atom stereocenters. The minimum Gasteiger partial charge on any atom is -0.456 e. The lowest BCUT2D eigenvalue weighted by Crippen LogP contribution is -2.33. The number of benzene rings is 5. The van der Waals surface area contributed by atoms with Gasteiger partial charge in [-0.05, 0) is 16.8 Å². The summed E-state index contributed by atoms with van der Waals surface area (Å²) in [6.45, 7) is 2.66. The number of esters is 3. The van der Waals surface area contributed by atoms with Crippen molar-refractivity contribution in [3.8, 4) is 23.0 Å². The van der Waals surface area contributed by atoms with Crippen LogP contribution in [0.5, 0.6) is 23.0 Å². The fraction of sp³-hybridized carbons (Fsp3) is 0.0938. The number of hydrogen-bond acceptors (Lipinski definition) is 7. The van der Waals surface area contributed by atoms with Crippen LogP contribution in [0.1, 0.15) is 40.9 Å². The third-order valence-corrected chi connectivity index (χ3v) is 7.14. The van der Waals surface area contributed by atoms with Gasteiger partial charge in [0.25, 0.3) is 0 Å². The summed E-state index contributed by atoms with van der Waals surface area (Å²) < 4.78 is 24.1. The Morgan fingerprint density at radius 3 is 1.64 bits per heavy atom. The number of hydrogen-bond donors (Lipinski definition) is 0. The van der Waals surface area contributed by atoms with Crippen molar-refractivity contribution in [2.75, 3.05) is 0 Å². The summed E-state index contributed by atoms with van der Waals surface area (Å²) in [5, 5.41) is 2.74. The highest BCUT2D eigenvalue weighted by molar-refractivity contribution is 6.05. The largest absolute Gasteiger partial charge is 0.456 e. The Morgan fingerprint density at radius 2 is 1.13 bits per heavy atom. The van der Waals surface area contributed by atoms with E-state index in [1.165, 1.54) is 13.8 Å². The van der Waals surface area contributed by atoms with Gasteiger partial charge >= 0.3 is 17.9 Å². The lowest BCUT2D eigenvalue weighted by atomic mass is 9.74. The van der Waals surface area contributed by atoms with Gasteiger partial charge in [-0.2, -0.15) is 0 Å². The molecule has 0 atom stereocenters. The molecule has 0 N–H and O–H groups in total. The molecule has 0 saturated heterocycles. The molecule has 39 heavy (non-hydrogen) atoms. The SMILES string of the molecule is CC(=O)Oc1cc2c(c3ccccc13)C1(OC(=O)c3ccccc31)c1c(cc(OC(C)=O)c3ccccc13)O2. The molecule has 0 bridgehead atoms. The Labute approximate surface area is 222 Å². The van der Waals surface area contributed by atoms with E-state index in [1.54, 1.807) is 24.3 Å². The Morgan fingerprint density at radius 1 is 0.667 bits per heavy atom. The van der Waals surface area contributed by atoms with Gasteiger partial charge in [0, 0.05) is 42.3 Å². The van der Waals surface area contributed by atoms with E-state index in [9.17, 15) is 14.4 Å². The smallest absolute Gasteiger partial charge is 0.340 e. The number of carbonyl (C=O) groups is 3. The molecule has 7 nitrogen and oxygen atoms in total. The van der Waals surface area contributed by atoms with E-state index in [4.69, 9.17) is 18.9 Å². The molecule has 0 fully saturated rings. The zero-order valence-corrected chi connectivity index (χ0v) is 20.9. The molecule has 0 aliphatic carbocycles. The van der Waals surface area contributed by atoms with Crippen LogP contribution >= 0.6 is 0 Å². The normalized spacial score (nSPS) is 14.3. The summed E-state index contributed by atoms with van der Waals surface area (Å²) in [6.07, 6.45) is 0. The highest BCUT2D eigenvalue weighted by Gasteiger charge is 2.55. The van der Waals surface area contributed by atoms with Crippen molar-refractivity contribution in [1.82, 2.24) is 0 Å². The maximum Gasteiger partial charge on any atom is 0.340 e. The molecule has 2 aliphatic rings. The molecule has 2 aliphatic heterocycles. The number of rotatable bonds is 2. The highest BCUT2D eigenvalue weighted by Crippen LogP contribution is 2.61. The summed E-state index contributed by atoms with van der Waals surface area (Å²) in [4.78, 5) is 37.4. The average molecular weight is 517 g/mol. The second kappa shape index (κ2) is 8.16. The second-order valence-electron chi connectivity index (χ2n) is 9.49. The molecule has 0 radical (unpaired) electrons. The van der Waals surface area contributed by atoms with Gasteiger partial charge in [0.15, 0.2) is 5.60 Å². The number of ether oxygens (including phenoxy) is 4. The molecular weight excluding hydrogens is 496 g/mol. The maximum atomic E-state index is 13.5. The monoisotopic (exact) mass is 516 g/mol. The van der Waals surface area contributed by atoms with Gasteiger partial charge in [0.05, 0.1) is 16.7 Å². The molecule has 5 aromatic rings. The van der Waals surface area contributed by atoms with Crippen LogP contribution in [-0.4, -0.2) is 17.9 Å². The Hall–Kier alpha value is -5.17. The molecule has 190 valence electrons. The van der Waals surface area contributed by atoms with Crippen LogP contribution in [0.4, 0.5) is 0 Å². The van der Waals surface area contributed by atoms with E-state index in [-0.39, 0.29) is 0 Å². The first kappa shape index (κ1) is 23.0. The lowest BCUT2D eigenvalue weighted by Gasteiger charge is -2.38. The van der Waals surface area contributed by atoms with E-state index < -0.39 is 23.5 Å². The molecule has 2 heterocycles. The molecule has 0 amide bonds. The van der Waals surface area contributed by atoms with Crippen molar-refractivity contribution in [3.63, 3.8) is 0 Å². The van der Waals surface area contributed by atoms with Crippen LogP contribution in [0.15, 0.2) is 84.9 Å². The Kier molecular flexibility index (Phi) is 4.81. The third-order valence-electron chi connectivity index (χ3n) is 7.14. The van der Waals surface area contributed by atoms with Crippen LogP contribution in [-0.2, 0) is 19.9 Å². The van der Waals surface area contributed by atoms with Crippen molar-refractivity contribution >= 4 is 39.5 Å². The Balaban J connectivity index is 1.67. The number of fused-ring (bicyclic) bond motifs is 10. The minimum absolute atomic E-state index is 0.314. The van der Waals surface area contributed by atoms with Crippen LogP contribution in [0.25, 0.3) is 21.5 Å². The van der Waals surface area contributed by atoms with Crippen LogP contribution in [0, 0.1) is 0 Å². The zero-order chi connectivity index (χ0) is 26.9. The van der Waals surface area contributed by atoms with Crippen molar-refractivity contribution in [2.24, 2.45) is 0 Å². The molecule has 0 aromatic heterocycles. The van der Waals surface area contributed by atoms with Crippen LogP contribution < -0.4 is 14.2 Å². The van der Waals surface area contributed by atoms with E-state index in [0.29, 0.717) is 66.8 Å². The van der Waals surface area contributed by atoms with E-state index in [0.717, 1.165) is 0 Å². The van der Waals surface area contributed by atoms with Crippen molar-refractivity contribution in [2.45, 2.75) is 19.4 Å². The van der Waals surface area contributed by atoms with Gasteiger partial charge in [-0.1, -0.05) is 66.7 Å². The summed E-state index contributed by atoms with van der Waals surface area (Å²) in [5.74, 6) is -0.0931. The van der Waals surface area contributed by atoms with Crippen molar-refractivity contribution in [1.29, 1.82) is 0 Å². The van der Waals surface area contributed by atoms with Gasteiger partial charge in [0.2, 0.25) is 0 Å². The first-order chi connectivity index (χ1) is 18.9. The average Bonchev–Trinajstić information content (AvgIpc) is 3.20. The summed E-state index contributed by atoms with van der Waals surface area (Å²) in [6, 6.07) is 25.5. The summed E-state index contributed by atoms with van der Waals surface area (Å²) >= 11 is 0. The standard InChI is InChI=1S/C32H20O7/c1-17(33)36-25-15-27-29(21-11-5-3-9-19(21)25)32(24-14-8-7-13-23(24)31(35)39-32)30-22-12-6-4-10-20(22)26(37-18(2)34)16-28(30)38-27/h3-16H,1-2H3. The van der Waals surface area contributed by atoms with E-state index in [1.807, 2.05) is 60.7 Å². The van der Waals surface area contributed by atoms with Gasteiger partial charge in [0.1, 0.15) is 23.0 Å². The summed E-state index contributed by atoms with van der Waals surface area (Å²) in [5.41, 5.74) is 0.948. The third kappa shape index (κ3) is 3.19. The number of carbonyl (C=O) groups excluding carboxylic acids is 3. The fourth-order valence-electron chi connectivity index (χ4n) is 5.83. The predicted octanol–water partition coefficient (Wildman–Crippen LogP) is 6.41. The van der Waals surface area contributed by atoms with Crippen molar-refractivity contribution < 1.29 is 33.3 Å². The van der Waals surface area contributed by atoms with E-state index in [2.05, 4.69) is 0 Å². The molecule has 7 rings (SSSR count). The van der Waals surface area contributed by atoms with Crippen LogP contribution in [0.3, 0.4) is 0 Å². The quantitative estimate of drug-likeness (QED) is 0.198. The molecule has 5 aromatic carbocycles. The first-order valence-corrected chi connectivity index (χ1v) is 12.4.